The Morgan fingerprint density at radius 2 is 2.09 bits per heavy atom. The number of carbonyl (C=O) groups is 1. The molecule has 0 spiro atoms. The topological polar surface area (TPSA) is 72.7 Å². The Morgan fingerprint density at radius 1 is 1.36 bits per heavy atom. The van der Waals surface area contributed by atoms with Gasteiger partial charge in [-0.1, -0.05) is 18.2 Å². The lowest BCUT2D eigenvalue weighted by Gasteiger charge is -2.26. The van der Waals surface area contributed by atoms with Gasteiger partial charge in [0.15, 0.2) is 0 Å². The SMILES string of the molecule is COc1ccc(C2=CCN(C(=O)[C@H]3C[C@@H]3[N+](=O)[O-])CC2)cc1. The van der Waals surface area contributed by atoms with Gasteiger partial charge in [-0.15, -0.1) is 0 Å². The van der Waals surface area contributed by atoms with E-state index >= 15 is 0 Å². The number of methoxy groups -OCH3 is 1. The molecule has 0 bridgehead atoms. The van der Waals surface area contributed by atoms with Gasteiger partial charge in [0.05, 0.1) is 7.11 Å². The quantitative estimate of drug-likeness (QED) is 0.629. The van der Waals surface area contributed by atoms with Crippen molar-refractivity contribution in [2.45, 2.75) is 18.9 Å². The third-order valence-electron chi connectivity index (χ3n) is 4.33. The molecule has 1 aromatic rings. The predicted octanol–water partition coefficient (Wildman–Crippen LogP) is 1.98. The normalized spacial score (nSPS) is 23.7. The third-order valence-corrected chi connectivity index (χ3v) is 4.33. The lowest BCUT2D eigenvalue weighted by atomic mass is 9.99. The number of hydrogen-bond acceptors (Lipinski definition) is 4. The fraction of sp³-hybridized carbons (Fsp3) is 0.438. The third kappa shape index (κ3) is 2.81. The van der Waals surface area contributed by atoms with Crippen LogP contribution in [0.25, 0.3) is 5.57 Å². The zero-order chi connectivity index (χ0) is 15.7. The highest BCUT2D eigenvalue weighted by Crippen LogP contribution is 2.35. The first kappa shape index (κ1) is 14.6. The molecule has 0 saturated heterocycles. The molecule has 0 aromatic heterocycles. The Morgan fingerprint density at radius 3 is 2.59 bits per heavy atom. The molecule has 1 heterocycles. The summed E-state index contributed by atoms with van der Waals surface area (Å²) >= 11 is 0. The summed E-state index contributed by atoms with van der Waals surface area (Å²) in [6.07, 6.45) is 3.19. The maximum absolute atomic E-state index is 12.2. The molecule has 2 atom stereocenters. The molecule has 1 amide bonds. The fourth-order valence-electron chi connectivity index (χ4n) is 2.85. The molecule has 1 aliphatic carbocycles. The zero-order valence-corrected chi connectivity index (χ0v) is 12.4. The standard InChI is InChI=1S/C16H18N2O4/c1-22-13-4-2-11(3-5-13)12-6-8-17(9-7-12)16(19)14-10-15(14)18(20)21/h2-6,14-15H,7-10H2,1H3/t14-,15-/m0/s1. The summed E-state index contributed by atoms with van der Waals surface area (Å²) in [4.78, 5) is 24.2. The van der Waals surface area contributed by atoms with Crippen LogP contribution in [-0.2, 0) is 4.79 Å². The van der Waals surface area contributed by atoms with Gasteiger partial charge in [0, 0.05) is 24.4 Å². The van der Waals surface area contributed by atoms with Crippen molar-refractivity contribution in [3.63, 3.8) is 0 Å². The van der Waals surface area contributed by atoms with Crippen molar-refractivity contribution < 1.29 is 14.5 Å². The van der Waals surface area contributed by atoms with Crippen LogP contribution in [0.15, 0.2) is 30.3 Å². The van der Waals surface area contributed by atoms with Gasteiger partial charge < -0.3 is 9.64 Å². The van der Waals surface area contributed by atoms with Gasteiger partial charge in [-0.05, 0) is 29.7 Å². The molecule has 1 aliphatic heterocycles. The minimum Gasteiger partial charge on any atom is -0.497 e. The Hall–Kier alpha value is -2.37. The molecule has 0 unspecified atom stereocenters. The molecular formula is C16H18N2O4. The zero-order valence-electron chi connectivity index (χ0n) is 12.4. The molecule has 1 aromatic carbocycles. The first-order valence-corrected chi connectivity index (χ1v) is 7.36. The van der Waals surface area contributed by atoms with E-state index in [4.69, 9.17) is 4.74 Å². The molecule has 0 N–H and O–H groups in total. The molecule has 116 valence electrons. The largest absolute Gasteiger partial charge is 0.497 e. The fourth-order valence-corrected chi connectivity index (χ4v) is 2.85. The molecule has 1 fully saturated rings. The van der Waals surface area contributed by atoms with Gasteiger partial charge in [0.2, 0.25) is 11.9 Å². The second-order valence-electron chi connectivity index (χ2n) is 5.69. The number of nitrogens with zero attached hydrogens (tertiary/aromatic N) is 2. The molecule has 6 nitrogen and oxygen atoms in total. The molecule has 22 heavy (non-hydrogen) atoms. The summed E-state index contributed by atoms with van der Waals surface area (Å²) in [5.41, 5.74) is 2.33. The van der Waals surface area contributed by atoms with Gasteiger partial charge in [0.25, 0.3) is 0 Å². The number of benzene rings is 1. The van der Waals surface area contributed by atoms with Crippen LogP contribution in [0.5, 0.6) is 5.75 Å². The van der Waals surface area contributed by atoms with Gasteiger partial charge in [-0.2, -0.15) is 0 Å². The van der Waals surface area contributed by atoms with E-state index in [-0.39, 0.29) is 10.8 Å². The van der Waals surface area contributed by atoms with Crippen LogP contribution in [-0.4, -0.2) is 42.0 Å². The average molecular weight is 302 g/mol. The van der Waals surface area contributed by atoms with E-state index in [1.807, 2.05) is 30.3 Å². The summed E-state index contributed by atoms with van der Waals surface area (Å²) in [6.45, 7) is 1.15. The summed E-state index contributed by atoms with van der Waals surface area (Å²) in [6, 6.07) is 7.18. The van der Waals surface area contributed by atoms with Gasteiger partial charge >= 0.3 is 0 Å². The smallest absolute Gasteiger partial charge is 0.233 e. The predicted molar refractivity (Wildman–Crippen MR) is 81.1 cm³/mol. The van der Waals surface area contributed by atoms with Crippen LogP contribution in [0, 0.1) is 16.0 Å². The molecule has 0 radical (unpaired) electrons. The van der Waals surface area contributed by atoms with Crippen molar-refractivity contribution in [1.82, 2.24) is 4.90 Å². The van der Waals surface area contributed by atoms with Crippen molar-refractivity contribution in [2.75, 3.05) is 20.2 Å². The highest BCUT2D eigenvalue weighted by Gasteiger charge is 2.54. The number of rotatable bonds is 4. The number of amides is 1. The van der Waals surface area contributed by atoms with E-state index < -0.39 is 12.0 Å². The lowest BCUT2D eigenvalue weighted by Crippen LogP contribution is -2.36. The summed E-state index contributed by atoms with van der Waals surface area (Å²) in [7, 11) is 1.63. The Bertz CT molecular complexity index is 624. The van der Waals surface area contributed by atoms with Crippen LogP contribution >= 0.6 is 0 Å². The highest BCUT2D eigenvalue weighted by atomic mass is 16.6. The van der Waals surface area contributed by atoms with Gasteiger partial charge in [0.1, 0.15) is 11.7 Å². The van der Waals surface area contributed by atoms with E-state index in [1.54, 1.807) is 12.0 Å². The Kier molecular flexibility index (Phi) is 3.83. The van der Waals surface area contributed by atoms with Crippen LogP contribution in [0.2, 0.25) is 0 Å². The minimum absolute atomic E-state index is 0.0771. The first-order chi connectivity index (χ1) is 10.6. The van der Waals surface area contributed by atoms with Crippen LogP contribution in [0.1, 0.15) is 18.4 Å². The van der Waals surface area contributed by atoms with Crippen molar-refractivity contribution in [3.8, 4) is 5.75 Å². The van der Waals surface area contributed by atoms with E-state index in [1.165, 1.54) is 5.57 Å². The molecule has 3 rings (SSSR count). The van der Waals surface area contributed by atoms with Crippen LogP contribution < -0.4 is 4.74 Å². The summed E-state index contributed by atoms with van der Waals surface area (Å²) in [5, 5.41) is 10.7. The number of hydrogen-bond donors (Lipinski definition) is 0. The Labute approximate surface area is 128 Å². The van der Waals surface area contributed by atoms with E-state index in [0.29, 0.717) is 19.5 Å². The number of ether oxygens (including phenoxy) is 1. The van der Waals surface area contributed by atoms with E-state index in [0.717, 1.165) is 17.7 Å². The monoisotopic (exact) mass is 302 g/mol. The van der Waals surface area contributed by atoms with Crippen molar-refractivity contribution in [2.24, 2.45) is 5.92 Å². The maximum atomic E-state index is 12.2. The second-order valence-corrected chi connectivity index (χ2v) is 5.69. The van der Waals surface area contributed by atoms with Crippen molar-refractivity contribution in [3.05, 3.63) is 46.0 Å². The van der Waals surface area contributed by atoms with Gasteiger partial charge in [-0.3, -0.25) is 14.9 Å². The van der Waals surface area contributed by atoms with E-state index in [9.17, 15) is 14.9 Å². The van der Waals surface area contributed by atoms with Crippen molar-refractivity contribution >= 4 is 11.5 Å². The van der Waals surface area contributed by atoms with Crippen molar-refractivity contribution in [1.29, 1.82) is 0 Å². The molecule has 2 aliphatic rings. The second kappa shape index (κ2) is 5.79. The van der Waals surface area contributed by atoms with Crippen LogP contribution in [0.4, 0.5) is 0 Å². The molecular weight excluding hydrogens is 284 g/mol. The minimum atomic E-state index is -0.667. The van der Waals surface area contributed by atoms with E-state index in [2.05, 4.69) is 0 Å². The summed E-state index contributed by atoms with van der Waals surface area (Å²) < 4.78 is 5.14. The lowest BCUT2D eigenvalue weighted by molar-refractivity contribution is -0.497. The molecule has 6 heteroatoms. The van der Waals surface area contributed by atoms with Crippen LogP contribution in [0.3, 0.4) is 0 Å². The molecule has 1 saturated carbocycles. The summed E-state index contributed by atoms with van der Waals surface area (Å²) in [5.74, 6) is 0.328. The average Bonchev–Trinajstić information content (AvgIpc) is 3.35. The maximum Gasteiger partial charge on any atom is 0.233 e. The number of carbonyl (C=O) groups excluding carboxylic acids is 1. The highest BCUT2D eigenvalue weighted by molar-refractivity contribution is 5.83. The van der Waals surface area contributed by atoms with Gasteiger partial charge in [-0.25, -0.2) is 0 Å². The number of nitro groups is 1. The Balaban J connectivity index is 1.62. The first-order valence-electron chi connectivity index (χ1n) is 7.36.